The molecule has 0 spiro atoms. The number of nitrogens with zero attached hydrogens (tertiary/aromatic N) is 1. The average Bonchev–Trinajstić information content (AvgIpc) is 2.54. The van der Waals surface area contributed by atoms with Gasteiger partial charge in [-0.15, -0.1) is 0 Å². The minimum absolute atomic E-state index is 0.0459. The normalized spacial score (nSPS) is 10.5. The molecule has 0 bridgehead atoms. The van der Waals surface area contributed by atoms with Gasteiger partial charge in [0.05, 0.1) is 0 Å². The van der Waals surface area contributed by atoms with Crippen molar-refractivity contribution < 1.29 is 4.79 Å². The summed E-state index contributed by atoms with van der Waals surface area (Å²) in [5.41, 5.74) is 1.86. The van der Waals surface area contributed by atoms with Gasteiger partial charge in [0.1, 0.15) is 0 Å². The van der Waals surface area contributed by atoms with Crippen LogP contribution in [-0.4, -0.2) is 17.9 Å². The largest absolute Gasteiger partial charge is 0.337 e. The molecule has 0 unspecified atom stereocenters. The smallest absolute Gasteiger partial charge is 0.253 e. The first kappa shape index (κ1) is 13.4. The second-order valence-corrected chi connectivity index (χ2v) is 5.21. The molecule has 1 amide bonds. The molecule has 0 radical (unpaired) electrons. The van der Waals surface area contributed by atoms with Gasteiger partial charge in [-0.05, 0) is 28.5 Å². The van der Waals surface area contributed by atoms with E-state index in [1.54, 1.807) is 4.90 Å². The first-order valence-corrected chi connectivity index (χ1v) is 7.02. The second kappa shape index (κ2) is 5.80. The molecule has 3 aromatic carbocycles. The minimum Gasteiger partial charge on any atom is -0.337 e. The lowest BCUT2D eigenvalue weighted by atomic mass is 10.1. The quantitative estimate of drug-likeness (QED) is 0.704. The molecule has 2 heteroatoms. The number of carbonyl (C=O) groups is 1. The highest BCUT2D eigenvalue weighted by molar-refractivity contribution is 5.98. The molecule has 0 aliphatic heterocycles. The number of benzene rings is 3. The van der Waals surface area contributed by atoms with Crippen molar-refractivity contribution in [2.75, 3.05) is 7.05 Å². The number of amides is 1. The summed E-state index contributed by atoms with van der Waals surface area (Å²) >= 11 is 0. The summed E-state index contributed by atoms with van der Waals surface area (Å²) in [5.74, 6) is 0.0459. The molecule has 0 heterocycles. The Morgan fingerprint density at radius 1 is 0.857 bits per heavy atom. The van der Waals surface area contributed by atoms with Gasteiger partial charge in [0, 0.05) is 19.2 Å². The SMILES string of the molecule is CN(Cc1ccccc1)C(=O)c1ccc2ccccc2c1. The third kappa shape index (κ3) is 2.95. The van der Waals surface area contributed by atoms with E-state index in [0.29, 0.717) is 6.54 Å². The van der Waals surface area contributed by atoms with E-state index in [1.165, 1.54) is 0 Å². The molecule has 0 saturated carbocycles. The fraction of sp³-hybridized carbons (Fsp3) is 0.105. The molecule has 0 N–H and O–H groups in total. The first-order chi connectivity index (χ1) is 10.2. The molecule has 0 aliphatic rings. The number of carbonyl (C=O) groups excluding carboxylic acids is 1. The standard InChI is InChI=1S/C19H17NO/c1-20(14-15-7-3-2-4-8-15)19(21)18-12-11-16-9-5-6-10-17(16)13-18/h2-13H,14H2,1H3. The molecule has 2 nitrogen and oxygen atoms in total. The summed E-state index contributed by atoms with van der Waals surface area (Å²) in [6.07, 6.45) is 0. The second-order valence-electron chi connectivity index (χ2n) is 5.21. The molecule has 0 aliphatic carbocycles. The van der Waals surface area contributed by atoms with Crippen LogP contribution in [0.2, 0.25) is 0 Å². The third-order valence-corrected chi connectivity index (χ3v) is 3.61. The van der Waals surface area contributed by atoms with Gasteiger partial charge >= 0.3 is 0 Å². The lowest BCUT2D eigenvalue weighted by molar-refractivity contribution is 0.0785. The third-order valence-electron chi connectivity index (χ3n) is 3.61. The maximum Gasteiger partial charge on any atom is 0.253 e. The van der Waals surface area contributed by atoms with Gasteiger partial charge in [0.2, 0.25) is 0 Å². The maximum atomic E-state index is 12.5. The van der Waals surface area contributed by atoms with Crippen LogP contribution in [0.1, 0.15) is 15.9 Å². The Labute approximate surface area is 124 Å². The molecule has 3 aromatic rings. The number of rotatable bonds is 3. The van der Waals surface area contributed by atoms with Crippen molar-refractivity contribution in [2.45, 2.75) is 6.54 Å². The predicted molar refractivity (Wildman–Crippen MR) is 86.2 cm³/mol. The first-order valence-electron chi connectivity index (χ1n) is 7.02. The van der Waals surface area contributed by atoms with Crippen molar-refractivity contribution in [1.29, 1.82) is 0 Å². The van der Waals surface area contributed by atoms with Gasteiger partial charge < -0.3 is 4.90 Å². The highest BCUT2D eigenvalue weighted by Crippen LogP contribution is 2.17. The van der Waals surface area contributed by atoms with E-state index < -0.39 is 0 Å². The molecule has 104 valence electrons. The van der Waals surface area contributed by atoms with Crippen LogP contribution in [0.5, 0.6) is 0 Å². The zero-order valence-corrected chi connectivity index (χ0v) is 12.0. The number of fused-ring (bicyclic) bond motifs is 1. The Morgan fingerprint density at radius 3 is 2.29 bits per heavy atom. The Morgan fingerprint density at radius 2 is 1.52 bits per heavy atom. The summed E-state index contributed by atoms with van der Waals surface area (Å²) in [4.78, 5) is 14.3. The molecule has 21 heavy (non-hydrogen) atoms. The molecule has 0 aromatic heterocycles. The van der Waals surface area contributed by atoms with Gasteiger partial charge in [-0.2, -0.15) is 0 Å². The Bertz CT molecular complexity index is 765. The van der Waals surface area contributed by atoms with E-state index in [4.69, 9.17) is 0 Å². The maximum absolute atomic E-state index is 12.5. The van der Waals surface area contributed by atoms with Crippen molar-refractivity contribution >= 4 is 16.7 Å². The van der Waals surface area contributed by atoms with E-state index in [0.717, 1.165) is 21.9 Å². The summed E-state index contributed by atoms with van der Waals surface area (Å²) in [5, 5.41) is 2.25. The molecular formula is C19H17NO. The van der Waals surface area contributed by atoms with Crippen LogP contribution in [0.4, 0.5) is 0 Å². The topological polar surface area (TPSA) is 20.3 Å². The van der Waals surface area contributed by atoms with E-state index in [-0.39, 0.29) is 5.91 Å². The highest BCUT2D eigenvalue weighted by atomic mass is 16.2. The van der Waals surface area contributed by atoms with Crippen LogP contribution in [0.3, 0.4) is 0 Å². The monoisotopic (exact) mass is 275 g/mol. The minimum atomic E-state index is 0.0459. The Balaban J connectivity index is 1.82. The summed E-state index contributed by atoms with van der Waals surface area (Å²) in [7, 11) is 1.84. The van der Waals surface area contributed by atoms with Gasteiger partial charge in [-0.25, -0.2) is 0 Å². The molecule has 0 saturated heterocycles. The molecule has 0 atom stereocenters. The van der Waals surface area contributed by atoms with Crippen LogP contribution in [0.25, 0.3) is 10.8 Å². The van der Waals surface area contributed by atoms with Crippen molar-refractivity contribution in [3.05, 3.63) is 83.9 Å². The molecular weight excluding hydrogens is 258 g/mol. The number of hydrogen-bond acceptors (Lipinski definition) is 1. The summed E-state index contributed by atoms with van der Waals surface area (Å²) in [6, 6.07) is 24.0. The van der Waals surface area contributed by atoms with Crippen LogP contribution < -0.4 is 0 Å². The molecule has 0 fully saturated rings. The van der Waals surface area contributed by atoms with Crippen LogP contribution >= 0.6 is 0 Å². The lowest BCUT2D eigenvalue weighted by Crippen LogP contribution is -2.26. The van der Waals surface area contributed by atoms with Gasteiger partial charge in [-0.3, -0.25) is 4.79 Å². The van der Waals surface area contributed by atoms with Gasteiger partial charge in [-0.1, -0.05) is 60.7 Å². The fourth-order valence-electron chi connectivity index (χ4n) is 2.47. The van der Waals surface area contributed by atoms with Gasteiger partial charge in [0.25, 0.3) is 5.91 Å². The van der Waals surface area contributed by atoms with Crippen LogP contribution in [0, 0.1) is 0 Å². The summed E-state index contributed by atoms with van der Waals surface area (Å²) < 4.78 is 0. The van der Waals surface area contributed by atoms with Crippen molar-refractivity contribution in [1.82, 2.24) is 4.90 Å². The van der Waals surface area contributed by atoms with Crippen molar-refractivity contribution in [3.8, 4) is 0 Å². The highest BCUT2D eigenvalue weighted by Gasteiger charge is 2.12. The van der Waals surface area contributed by atoms with E-state index >= 15 is 0 Å². The average molecular weight is 275 g/mol. The van der Waals surface area contributed by atoms with E-state index in [9.17, 15) is 4.79 Å². The van der Waals surface area contributed by atoms with Crippen LogP contribution in [-0.2, 0) is 6.54 Å². The van der Waals surface area contributed by atoms with Crippen LogP contribution in [0.15, 0.2) is 72.8 Å². The van der Waals surface area contributed by atoms with Gasteiger partial charge in [0.15, 0.2) is 0 Å². The predicted octanol–water partition coefficient (Wildman–Crippen LogP) is 4.11. The van der Waals surface area contributed by atoms with Crippen molar-refractivity contribution in [2.24, 2.45) is 0 Å². The zero-order chi connectivity index (χ0) is 14.7. The Kier molecular flexibility index (Phi) is 3.69. The van der Waals surface area contributed by atoms with E-state index in [2.05, 4.69) is 6.07 Å². The summed E-state index contributed by atoms with van der Waals surface area (Å²) in [6.45, 7) is 0.618. The van der Waals surface area contributed by atoms with E-state index in [1.807, 2.05) is 73.8 Å². The molecule has 3 rings (SSSR count). The number of hydrogen-bond donors (Lipinski definition) is 0. The Hall–Kier alpha value is -2.61. The zero-order valence-electron chi connectivity index (χ0n) is 12.0. The van der Waals surface area contributed by atoms with Crippen molar-refractivity contribution in [3.63, 3.8) is 0 Å². The fourth-order valence-corrected chi connectivity index (χ4v) is 2.47. The lowest BCUT2D eigenvalue weighted by Gasteiger charge is -2.17.